The quantitative estimate of drug-likeness (QED) is 0.766. The molecule has 26 heavy (non-hydrogen) atoms. The second kappa shape index (κ2) is 7.53. The molecular weight excluding hydrogens is 386 g/mol. The number of nitrogens with zero attached hydrogens (tertiary/aromatic N) is 1. The van der Waals surface area contributed by atoms with Gasteiger partial charge in [-0.1, -0.05) is 23.7 Å². The molecule has 1 heterocycles. The number of halogens is 7. The highest BCUT2D eigenvalue weighted by molar-refractivity contribution is 6.31. The van der Waals surface area contributed by atoms with Gasteiger partial charge in [-0.05, 0) is 23.8 Å². The van der Waals surface area contributed by atoms with Crippen molar-refractivity contribution < 1.29 is 31.1 Å². The predicted molar refractivity (Wildman–Crippen MR) is 81.2 cm³/mol. The average molecular weight is 397 g/mol. The second-order valence-electron chi connectivity index (χ2n) is 5.30. The van der Waals surface area contributed by atoms with Crippen LogP contribution in [0.4, 0.5) is 26.3 Å². The number of benzene rings is 1. The molecule has 0 radical (unpaired) electrons. The van der Waals surface area contributed by atoms with E-state index in [9.17, 15) is 31.1 Å². The van der Waals surface area contributed by atoms with Crippen molar-refractivity contribution in [3.63, 3.8) is 0 Å². The summed E-state index contributed by atoms with van der Waals surface area (Å²) < 4.78 is 75.5. The zero-order chi connectivity index (χ0) is 19.5. The van der Waals surface area contributed by atoms with E-state index in [0.717, 1.165) is 12.1 Å². The number of hydrogen-bond acceptors (Lipinski definition) is 2. The van der Waals surface area contributed by atoms with Gasteiger partial charge in [0.25, 0.3) is 0 Å². The third kappa shape index (κ3) is 5.35. The van der Waals surface area contributed by atoms with Crippen molar-refractivity contribution >= 4 is 17.5 Å². The number of carbonyl (C=O) groups is 1. The molecule has 0 atom stereocenters. The summed E-state index contributed by atoms with van der Waals surface area (Å²) in [7, 11) is 0. The summed E-state index contributed by atoms with van der Waals surface area (Å²) in [6.45, 7) is -0.180. The Hall–Kier alpha value is -2.29. The maximum absolute atomic E-state index is 12.6. The zero-order valence-corrected chi connectivity index (χ0v) is 13.6. The van der Waals surface area contributed by atoms with Gasteiger partial charge in [-0.25, -0.2) is 0 Å². The molecule has 10 heteroatoms. The molecule has 0 unspecified atom stereocenters. The van der Waals surface area contributed by atoms with Crippen LogP contribution in [0.1, 0.15) is 22.4 Å². The number of aromatic nitrogens is 1. The summed E-state index contributed by atoms with van der Waals surface area (Å²) >= 11 is 5.70. The first-order valence-electron chi connectivity index (χ1n) is 7.11. The molecular formula is C16H11ClF6N2O. The molecule has 2 aromatic rings. The summed E-state index contributed by atoms with van der Waals surface area (Å²) in [5.74, 6) is -0.642. The smallest absolute Gasteiger partial charge is 0.352 e. The molecule has 1 aromatic carbocycles. The topological polar surface area (TPSA) is 42.0 Å². The second-order valence-corrected chi connectivity index (χ2v) is 5.71. The molecule has 0 aliphatic rings. The summed E-state index contributed by atoms with van der Waals surface area (Å²) in [6, 6.07) is 5.06. The maximum atomic E-state index is 12.6. The van der Waals surface area contributed by atoms with Gasteiger partial charge in [0.05, 0.1) is 28.3 Å². The van der Waals surface area contributed by atoms with Gasteiger partial charge in [0.1, 0.15) is 0 Å². The Morgan fingerprint density at radius 1 is 1.04 bits per heavy atom. The third-order valence-electron chi connectivity index (χ3n) is 3.32. The van der Waals surface area contributed by atoms with Gasteiger partial charge in [-0.3, -0.25) is 9.78 Å². The average Bonchev–Trinajstić information content (AvgIpc) is 2.53. The van der Waals surface area contributed by atoms with E-state index >= 15 is 0 Å². The molecule has 2 rings (SSSR count). The van der Waals surface area contributed by atoms with Gasteiger partial charge in [0.15, 0.2) is 0 Å². The number of amides is 1. The molecule has 0 spiro atoms. The first-order valence-corrected chi connectivity index (χ1v) is 7.49. The van der Waals surface area contributed by atoms with Gasteiger partial charge >= 0.3 is 12.4 Å². The predicted octanol–water partition coefficient (Wildman–Crippen LogP) is 4.63. The van der Waals surface area contributed by atoms with Crippen LogP contribution in [0, 0.1) is 0 Å². The third-order valence-corrected chi connectivity index (χ3v) is 3.64. The van der Waals surface area contributed by atoms with Crippen LogP contribution in [0.15, 0.2) is 36.5 Å². The number of hydrogen-bond donors (Lipinski definition) is 1. The van der Waals surface area contributed by atoms with E-state index in [2.05, 4.69) is 10.3 Å². The number of nitrogens with one attached hydrogen (secondary N) is 1. The van der Waals surface area contributed by atoms with Crippen molar-refractivity contribution in [1.82, 2.24) is 10.3 Å². The van der Waals surface area contributed by atoms with E-state index in [1.807, 2.05) is 0 Å². The summed E-state index contributed by atoms with van der Waals surface area (Å²) in [5, 5.41) is 2.05. The van der Waals surface area contributed by atoms with Crippen LogP contribution >= 0.6 is 11.6 Å². The molecule has 0 fully saturated rings. The highest BCUT2D eigenvalue weighted by Gasteiger charge is 2.32. The van der Waals surface area contributed by atoms with Gasteiger partial charge in [-0.15, -0.1) is 0 Å². The van der Waals surface area contributed by atoms with E-state index in [1.54, 1.807) is 0 Å². The fourth-order valence-electron chi connectivity index (χ4n) is 2.02. The van der Waals surface area contributed by atoms with Crippen molar-refractivity contribution in [2.45, 2.75) is 25.3 Å². The molecule has 3 nitrogen and oxygen atoms in total. The Kier molecular flexibility index (Phi) is 5.80. The zero-order valence-electron chi connectivity index (χ0n) is 12.9. The van der Waals surface area contributed by atoms with Gasteiger partial charge in [0.2, 0.25) is 5.91 Å². The van der Waals surface area contributed by atoms with Crippen LogP contribution < -0.4 is 5.32 Å². The van der Waals surface area contributed by atoms with E-state index in [0.29, 0.717) is 12.3 Å². The van der Waals surface area contributed by atoms with Gasteiger partial charge in [-0.2, -0.15) is 26.3 Å². The SMILES string of the molecule is O=C(Cc1ncc(C(F)(F)F)cc1Cl)NCc1cccc(C(F)(F)F)c1. The van der Waals surface area contributed by atoms with Crippen LogP contribution in [0.2, 0.25) is 5.02 Å². The van der Waals surface area contributed by atoms with Gasteiger partial charge < -0.3 is 5.32 Å². The highest BCUT2D eigenvalue weighted by atomic mass is 35.5. The number of rotatable bonds is 4. The van der Waals surface area contributed by atoms with E-state index in [-0.39, 0.29) is 22.8 Å². The van der Waals surface area contributed by atoms with E-state index in [4.69, 9.17) is 11.6 Å². The lowest BCUT2D eigenvalue weighted by atomic mass is 10.1. The van der Waals surface area contributed by atoms with E-state index in [1.165, 1.54) is 12.1 Å². The highest BCUT2D eigenvalue weighted by Crippen LogP contribution is 2.31. The van der Waals surface area contributed by atoms with Gasteiger partial charge in [0, 0.05) is 12.7 Å². The fraction of sp³-hybridized carbons (Fsp3) is 0.250. The number of carbonyl (C=O) groups excluding carboxylic acids is 1. The Labute approximate surface area is 149 Å². The standard InChI is InChI=1S/C16H11ClF6N2O/c17-12-5-11(16(21,22)23)8-24-13(12)6-14(26)25-7-9-2-1-3-10(4-9)15(18,19)20/h1-5,8H,6-7H2,(H,25,26). The molecule has 140 valence electrons. The summed E-state index contributed by atoms with van der Waals surface area (Å²) in [5.41, 5.74) is -1.74. The Balaban J connectivity index is 2.00. The number of pyridine rings is 1. The first-order chi connectivity index (χ1) is 12.0. The molecule has 1 N–H and O–H groups in total. The fourth-order valence-corrected chi connectivity index (χ4v) is 2.26. The normalized spacial score (nSPS) is 12.1. The summed E-state index contributed by atoms with van der Waals surface area (Å²) in [6.07, 6.45) is -8.96. The van der Waals surface area contributed by atoms with Crippen molar-refractivity contribution in [2.24, 2.45) is 0 Å². The Morgan fingerprint density at radius 2 is 1.69 bits per heavy atom. The van der Waals surface area contributed by atoms with Crippen LogP contribution in [-0.4, -0.2) is 10.9 Å². The van der Waals surface area contributed by atoms with E-state index < -0.39 is 35.8 Å². The molecule has 1 aromatic heterocycles. The van der Waals surface area contributed by atoms with Crippen LogP contribution in [0.5, 0.6) is 0 Å². The minimum atomic E-state index is -4.61. The summed E-state index contributed by atoms with van der Waals surface area (Å²) in [4.78, 5) is 15.4. The van der Waals surface area contributed by atoms with Crippen molar-refractivity contribution in [1.29, 1.82) is 0 Å². The molecule has 0 saturated heterocycles. The van der Waals surface area contributed by atoms with Crippen molar-refractivity contribution in [3.05, 3.63) is 63.9 Å². The Morgan fingerprint density at radius 3 is 2.27 bits per heavy atom. The van der Waals surface area contributed by atoms with Crippen LogP contribution in [-0.2, 0) is 30.1 Å². The Bertz CT molecular complexity index is 804. The van der Waals surface area contributed by atoms with Crippen molar-refractivity contribution in [2.75, 3.05) is 0 Å². The monoisotopic (exact) mass is 396 g/mol. The minimum absolute atomic E-state index is 0.0683. The first kappa shape index (κ1) is 20.0. The molecule has 0 saturated carbocycles. The minimum Gasteiger partial charge on any atom is -0.352 e. The molecule has 0 aliphatic heterocycles. The van der Waals surface area contributed by atoms with Crippen LogP contribution in [0.25, 0.3) is 0 Å². The number of alkyl halides is 6. The lowest BCUT2D eigenvalue weighted by Crippen LogP contribution is -2.25. The largest absolute Gasteiger partial charge is 0.417 e. The lowest BCUT2D eigenvalue weighted by Gasteiger charge is -2.11. The molecule has 0 bridgehead atoms. The van der Waals surface area contributed by atoms with Crippen molar-refractivity contribution in [3.8, 4) is 0 Å². The molecule has 0 aliphatic carbocycles. The lowest BCUT2D eigenvalue weighted by molar-refractivity contribution is -0.138. The maximum Gasteiger partial charge on any atom is 0.417 e. The molecule has 1 amide bonds. The van der Waals surface area contributed by atoms with Crippen LogP contribution in [0.3, 0.4) is 0 Å².